The van der Waals surface area contributed by atoms with Gasteiger partial charge in [0, 0.05) is 17.2 Å². The van der Waals surface area contributed by atoms with E-state index in [9.17, 15) is 19.5 Å². The second-order valence-electron chi connectivity index (χ2n) is 7.17. The van der Waals surface area contributed by atoms with Crippen molar-refractivity contribution in [2.75, 3.05) is 7.11 Å². The zero-order valence-corrected chi connectivity index (χ0v) is 18.7. The number of aromatic hydroxyl groups is 1. The van der Waals surface area contributed by atoms with Gasteiger partial charge in [0.1, 0.15) is 5.75 Å². The van der Waals surface area contributed by atoms with Crippen LogP contribution in [0.25, 0.3) is 0 Å². The summed E-state index contributed by atoms with van der Waals surface area (Å²) in [7, 11) is 1.38. The average Bonchev–Trinajstić information content (AvgIpc) is 2.86. The minimum Gasteiger partial charge on any atom is -0.504 e. The number of phenols is 1. The molecule has 2 amide bonds. The molecule has 0 bridgehead atoms. The zero-order valence-electron chi connectivity index (χ0n) is 18.7. The van der Waals surface area contributed by atoms with Crippen LogP contribution in [0.1, 0.15) is 22.0 Å². The highest BCUT2D eigenvalue weighted by molar-refractivity contribution is 6.02. The topological polar surface area (TPSA) is 131 Å². The first-order chi connectivity index (χ1) is 16.9. The lowest BCUT2D eigenvalue weighted by Crippen LogP contribution is -2.35. The smallest absolute Gasteiger partial charge is 0.414 e. The third-order valence-electron chi connectivity index (χ3n) is 4.76. The van der Waals surface area contributed by atoms with Crippen LogP contribution < -0.4 is 14.8 Å². The van der Waals surface area contributed by atoms with E-state index in [2.05, 4.69) is 5.32 Å². The van der Waals surface area contributed by atoms with Crippen molar-refractivity contribution in [2.24, 2.45) is 0 Å². The summed E-state index contributed by atoms with van der Waals surface area (Å²) in [4.78, 5) is 36.3. The van der Waals surface area contributed by atoms with E-state index >= 15 is 0 Å². The number of methoxy groups -OCH3 is 1. The largest absolute Gasteiger partial charge is 0.504 e. The van der Waals surface area contributed by atoms with Crippen LogP contribution in [0.3, 0.4) is 0 Å². The van der Waals surface area contributed by atoms with Crippen LogP contribution in [0.5, 0.6) is 17.2 Å². The van der Waals surface area contributed by atoms with Crippen molar-refractivity contribution in [3.63, 3.8) is 0 Å². The highest BCUT2D eigenvalue weighted by atomic mass is 16.6. The summed E-state index contributed by atoms with van der Waals surface area (Å²) in [6.45, 7) is 0. The van der Waals surface area contributed by atoms with Crippen LogP contribution >= 0.6 is 0 Å². The van der Waals surface area contributed by atoms with Crippen LogP contribution in [-0.2, 0) is 9.53 Å². The molecule has 0 spiro atoms. The maximum Gasteiger partial charge on any atom is 0.414 e. The molecule has 3 aromatic rings. The lowest BCUT2D eigenvalue weighted by Gasteiger charge is -2.26. The molecule has 0 aliphatic heterocycles. The van der Waals surface area contributed by atoms with Crippen molar-refractivity contribution < 1.29 is 38.8 Å². The number of nitrogens with one attached hydrogen (secondary N) is 1. The molecule has 0 saturated heterocycles. The van der Waals surface area contributed by atoms with E-state index < -0.39 is 30.2 Å². The van der Waals surface area contributed by atoms with Crippen LogP contribution in [0.2, 0.25) is 0 Å². The standard InChI is InChI=1S/C26H23NO8/c1-33-21-13-12-18(16-20(21)28)24(35-26(32)27-25(31)17-8-4-2-5-9-17)22(14-15-23(29)30)34-19-10-6-3-7-11-19/h2-16,22,24,28H,1H3,(H,29,30)(H,27,31,32)/b15-14+/t22-,24-/m1/s1. The van der Waals surface area contributed by atoms with Gasteiger partial charge >= 0.3 is 12.1 Å². The van der Waals surface area contributed by atoms with Gasteiger partial charge < -0.3 is 24.4 Å². The van der Waals surface area contributed by atoms with E-state index in [0.29, 0.717) is 5.75 Å². The van der Waals surface area contributed by atoms with Crippen LogP contribution in [-0.4, -0.2) is 41.4 Å². The van der Waals surface area contributed by atoms with Gasteiger partial charge in [-0.2, -0.15) is 0 Å². The summed E-state index contributed by atoms with van der Waals surface area (Å²) in [5.74, 6) is -1.61. The number of hydrogen-bond donors (Lipinski definition) is 3. The van der Waals surface area contributed by atoms with Gasteiger partial charge in [0.25, 0.3) is 5.91 Å². The third-order valence-corrected chi connectivity index (χ3v) is 4.76. The van der Waals surface area contributed by atoms with E-state index in [4.69, 9.17) is 19.3 Å². The Labute approximate surface area is 201 Å². The number of benzene rings is 3. The van der Waals surface area contributed by atoms with Crippen molar-refractivity contribution in [1.29, 1.82) is 0 Å². The van der Waals surface area contributed by atoms with Gasteiger partial charge in [-0.25, -0.2) is 9.59 Å². The number of carbonyl (C=O) groups is 3. The number of para-hydroxylation sites is 1. The number of carboxylic acids is 1. The molecule has 2 atom stereocenters. The molecule has 0 saturated carbocycles. The van der Waals surface area contributed by atoms with Crippen molar-refractivity contribution >= 4 is 18.0 Å². The van der Waals surface area contributed by atoms with E-state index in [1.54, 1.807) is 48.5 Å². The maximum atomic E-state index is 12.7. The fourth-order valence-electron chi connectivity index (χ4n) is 3.14. The van der Waals surface area contributed by atoms with Gasteiger partial charge in [-0.05, 0) is 42.5 Å². The molecule has 35 heavy (non-hydrogen) atoms. The Bertz CT molecular complexity index is 1190. The maximum absolute atomic E-state index is 12.7. The molecule has 3 rings (SSSR count). The first-order valence-electron chi connectivity index (χ1n) is 10.4. The van der Waals surface area contributed by atoms with E-state index in [-0.39, 0.29) is 22.6 Å². The Balaban J connectivity index is 1.94. The average molecular weight is 477 g/mol. The number of carboxylic acid groups (broad SMARTS) is 1. The molecular weight excluding hydrogens is 454 g/mol. The van der Waals surface area contributed by atoms with Crippen LogP contribution in [0.15, 0.2) is 91.0 Å². The van der Waals surface area contributed by atoms with Crippen LogP contribution in [0, 0.1) is 0 Å². The van der Waals surface area contributed by atoms with E-state index in [1.807, 2.05) is 0 Å². The first-order valence-corrected chi connectivity index (χ1v) is 10.4. The molecule has 3 aromatic carbocycles. The predicted molar refractivity (Wildman–Crippen MR) is 125 cm³/mol. The van der Waals surface area contributed by atoms with Gasteiger partial charge in [-0.3, -0.25) is 10.1 Å². The minimum atomic E-state index is -1.26. The van der Waals surface area contributed by atoms with Crippen molar-refractivity contribution in [3.05, 3.63) is 102 Å². The highest BCUT2D eigenvalue weighted by Crippen LogP contribution is 2.33. The van der Waals surface area contributed by atoms with Crippen LogP contribution in [0.4, 0.5) is 4.79 Å². The lowest BCUT2D eigenvalue weighted by atomic mass is 10.0. The summed E-state index contributed by atoms with van der Waals surface area (Å²) in [6, 6.07) is 20.8. The molecule has 0 radical (unpaired) electrons. The lowest BCUT2D eigenvalue weighted by molar-refractivity contribution is -0.131. The quantitative estimate of drug-likeness (QED) is 0.393. The van der Waals surface area contributed by atoms with E-state index in [0.717, 1.165) is 6.08 Å². The number of carbonyl (C=O) groups excluding carboxylic acids is 2. The molecule has 0 heterocycles. The summed E-state index contributed by atoms with van der Waals surface area (Å²) >= 11 is 0. The molecule has 180 valence electrons. The summed E-state index contributed by atoms with van der Waals surface area (Å²) in [5.41, 5.74) is 0.507. The number of rotatable bonds is 9. The number of imide groups is 1. The molecular formula is C26H23NO8. The SMILES string of the molecule is COc1ccc([C@@H](OC(=O)NC(=O)c2ccccc2)[C@@H](/C=C/C(=O)O)Oc2ccccc2)cc1O. The Morgan fingerprint density at radius 1 is 0.943 bits per heavy atom. The van der Waals surface area contributed by atoms with E-state index in [1.165, 1.54) is 43.5 Å². The summed E-state index contributed by atoms with van der Waals surface area (Å²) < 4.78 is 16.5. The van der Waals surface area contributed by atoms with Gasteiger partial charge in [0.2, 0.25) is 0 Å². The predicted octanol–water partition coefficient (Wildman–Crippen LogP) is 4.10. The Hall–Kier alpha value is -4.79. The molecule has 0 fully saturated rings. The number of ether oxygens (including phenoxy) is 3. The number of alkyl carbamates (subject to hydrolysis) is 1. The third kappa shape index (κ3) is 7.10. The molecule has 9 nitrogen and oxygen atoms in total. The summed E-state index contributed by atoms with van der Waals surface area (Å²) in [6.07, 6.45) is -1.44. The second-order valence-corrected chi connectivity index (χ2v) is 7.17. The van der Waals surface area contributed by atoms with Gasteiger partial charge in [-0.1, -0.05) is 42.5 Å². The molecule has 3 N–H and O–H groups in total. The van der Waals surface area contributed by atoms with Gasteiger partial charge in [0.15, 0.2) is 23.7 Å². The Morgan fingerprint density at radius 2 is 1.60 bits per heavy atom. The highest BCUT2D eigenvalue weighted by Gasteiger charge is 2.29. The molecule has 0 aliphatic carbocycles. The minimum absolute atomic E-state index is 0.179. The fraction of sp³-hybridized carbons (Fsp3) is 0.115. The number of hydrogen-bond acceptors (Lipinski definition) is 7. The second kappa shape index (κ2) is 11.9. The Kier molecular flexibility index (Phi) is 8.44. The van der Waals surface area contributed by atoms with Gasteiger partial charge in [-0.15, -0.1) is 0 Å². The number of aliphatic carboxylic acids is 1. The van der Waals surface area contributed by atoms with Crippen molar-refractivity contribution in [1.82, 2.24) is 5.32 Å². The number of phenolic OH excluding ortho intramolecular Hbond substituents is 1. The molecule has 9 heteroatoms. The monoisotopic (exact) mass is 477 g/mol. The van der Waals surface area contributed by atoms with Crippen molar-refractivity contribution in [2.45, 2.75) is 12.2 Å². The molecule has 0 unspecified atom stereocenters. The fourth-order valence-corrected chi connectivity index (χ4v) is 3.14. The molecule has 0 aliphatic rings. The summed E-state index contributed by atoms with van der Waals surface area (Å²) in [5, 5.41) is 21.6. The first kappa shape index (κ1) is 24.8. The van der Waals surface area contributed by atoms with Gasteiger partial charge in [0.05, 0.1) is 7.11 Å². The van der Waals surface area contributed by atoms with Crippen molar-refractivity contribution in [3.8, 4) is 17.2 Å². The zero-order chi connectivity index (χ0) is 25.2. The normalized spacial score (nSPS) is 12.4. The molecule has 0 aromatic heterocycles. The number of amides is 2. The Morgan fingerprint density at radius 3 is 2.20 bits per heavy atom.